The van der Waals surface area contributed by atoms with E-state index < -0.39 is 94.1 Å². The topological polar surface area (TPSA) is 258 Å². The summed E-state index contributed by atoms with van der Waals surface area (Å²) in [5.74, 6) is -3.39. The first-order valence-electron chi connectivity index (χ1n) is 26.1. The summed E-state index contributed by atoms with van der Waals surface area (Å²) in [5.41, 5.74) is 0.779. The number of ketones is 1. The van der Waals surface area contributed by atoms with Gasteiger partial charge < -0.3 is 67.1 Å². The largest absolute Gasteiger partial charge is 0.396 e. The molecule has 66 heavy (non-hydrogen) atoms. The van der Waals surface area contributed by atoms with Crippen LogP contribution in [0, 0.1) is 58.2 Å². The third-order valence-electron chi connectivity index (χ3n) is 20.2. The van der Waals surface area contributed by atoms with Crippen LogP contribution in [0.3, 0.4) is 0 Å². The van der Waals surface area contributed by atoms with Gasteiger partial charge in [-0.2, -0.15) is 0 Å². The quantitative estimate of drug-likeness (QED) is 0.135. The molecule has 2 bridgehead atoms. The van der Waals surface area contributed by atoms with Crippen molar-refractivity contribution in [3.8, 4) is 0 Å². The highest BCUT2D eigenvalue weighted by atomic mass is 16.5. The molecule has 9 rings (SSSR count). The molecule has 0 radical (unpaired) electrons. The van der Waals surface area contributed by atoms with Crippen molar-refractivity contribution in [2.75, 3.05) is 13.2 Å². The van der Waals surface area contributed by atoms with E-state index in [1.165, 1.54) is 0 Å². The first-order valence-corrected chi connectivity index (χ1v) is 26.1. The Bertz CT molecular complexity index is 1920. The highest BCUT2D eigenvalue weighted by Crippen LogP contribution is 2.74. The molecule has 21 atom stereocenters. The second-order valence-electron chi connectivity index (χ2n) is 23.5. The fourth-order valence-electron chi connectivity index (χ4n) is 17.3. The predicted octanol–water partition coefficient (Wildman–Crippen LogP) is 2.95. The highest BCUT2D eigenvalue weighted by molar-refractivity contribution is 6.00. The zero-order valence-corrected chi connectivity index (χ0v) is 40.0. The zero-order valence-electron chi connectivity index (χ0n) is 40.0. The van der Waals surface area contributed by atoms with Crippen LogP contribution in [-0.2, 0) is 9.53 Å². The van der Waals surface area contributed by atoms with E-state index in [2.05, 4.69) is 17.6 Å². The number of hydrogen-bond acceptors (Lipinski definition) is 14. The lowest BCUT2D eigenvalue weighted by Crippen LogP contribution is -2.73. The maximum absolute atomic E-state index is 15.7. The van der Waals surface area contributed by atoms with Crippen molar-refractivity contribution in [3.63, 3.8) is 0 Å². The van der Waals surface area contributed by atoms with Gasteiger partial charge in [0, 0.05) is 42.0 Å². The van der Waals surface area contributed by atoms with Crippen molar-refractivity contribution in [1.29, 1.82) is 0 Å². The molecule has 0 aromatic carbocycles. The van der Waals surface area contributed by atoms with E-state index in [-0.39, 0.29) is 80.6 Å². The predicted molar refractivity (Wildman–Crippen MR) is 247 cm³/mol. The van der Waals surface area contributed by atoms with Gasteiger partial charge in [0.25, 0.3) is 0 Å². The minimum Gasteiger partial charge on any atom is -0.396 e. The molecule has 9 aliphatic rings. The van der Waals surface area contributed by atoms with Gasteiger partial charge in [-0.3, -0.25) is 4.79 Å². The molecule has 0 aromatic heterocycles. The minimum absolute atomic E-state index is 0.00282. The lowest BCUT2D eigenvalue weighted by molar-refractivity contribution is -0.262. The Kier molecular flexibility index (Phi) is 13.4. The molecule has 7 fully saturated rings. The van der Waals surface area contributed by atoms with Crippen molar-refractivity contribution < 1.29 is 55.5 Å². The molecule has 0 spiro atoms. The third kappa shape index (κ3) is 7.38. The molecule has 1 saturated heterocycles. The smallest absolute Gasteiger partial charge is 0.182 e. The second kappa shape index (κ2) is 18.0. The van der Waals surface area contributed by atoms with Crippen molar-refractivity contribution in [3.05, 3.63) is 34.7 Å². The molecule has 372 valence electrons. The number of hydrogen-bond donors (Lipinski definition) is 12. The summed E-state index contributed by atoms with van der Waals surface area (Å²) in [7, 11) is 0. The van der Waals surface area contributed by atoms with Crippen molar-refractivity contribution in [1.82, 2.24) is 10.6 Å². The fraction of sp³-hybridized carbons (Fsp3) is 0.865. The summed E-state index contributed by atoms with van der Waals surface area (Å²) in [6.07, 6.45) is 7.60. The van der Waals surface area contributed by atoms with Gasteiger partial charge in [-0.05, 0) is 162 Å². The number of allylic oxidation sites excluding steroid dienone is 4. The number of fused-ring (bicyclic) bond motifs is 6. The van der Waals surface area contributed by atoms with Crippen LogP contribution in [0.25, 0.3) is 0 Å². The summed E-state index contributed by atoms with van der Waals surface area (Å²) >= 11 is 0. The number of carbonyl (C=O) groups is 1. The molecule has 14 nitrogen and oxygen atoms in total. The first kappa shape index (κ1) is 49.0. The van der Waals surface area contributed by atoms with Gasteiger partial charge in [-0.1, -0.05) is 39.2 Å². The third-order valence-corrected chi connectivity index (χ3v) is 20.2. The summed E-state index contributed by atoms with van der Waals surface area (Å²) in [4.78, 5) is 15.7. The highest BCUT2D eigenvalue weighted by Gasteiger charge is 2.77. The molecular formula is C52H83N3O11. The summed E-state index contributed by atoms with van der Waals surface area (Å²) in [6.45, 7) is 7.35. The molecule has 7 aliphatic carbocycles. The summed E-state index contributed by atoms with van der Waals surface area (Å²) in [5, 5.41) is 116. The standard InChI is InChI=1S/C52H83N3O11/c1-5-8-28-11-15-31-37(17-12-28)66-47-40(31)34(58)10-6-20-52(47,65)49(4,63)38-19-21-51(64)43-42(35(59)24-48(38,51)3)50-25-36(60)45(61)32(41(50)46(62)44(43)54-26-27(2)57)16-14-30(50)23-29-13-18-39(53)55-33(29)9-7-22-56/h13,18,27-28,30-32,34-42,45,47,54-61,63-65H,5-12,14-17,19-26,53H2,1-4H3. The maximum Gasteiger partial charge on any atom is 0.182 e. The molecular weight excluding hydrogens is 843 g/mol. The van der Waals surface area contributed by atoms with Gasteiger partial charge in [0.2, 0.25) is 0 Å². The number of nitrogens with two attached hydrogens (primary N) is 1. The SMILES string of the molecule is CCCC1CCC2OC3C(C(O)CCCC3(O)C(C)(O)C3CCC4(O)C5=C(NCC(C)O)C(=O)C6C7CCC(CC8=C(CCCO)NC(N)C=C8)C6(CC(O)C7O)C5C(O)CC34C)C2CC1. The Morgan fingerprint density at radius 3 is 2.44 bits per heavy atom. The first-order chi connectivity index (χ1) is 31.3. The molecule has 13 N–H and O–H groups in total. The Balaban J connectivity index is 1.14. The Labute approximate surface area is 391 Å². The van der Waals surface area contributed by atoms with Gasteiger partial charge in [-0.15, -0.1) is 0 Å². The van der Waals surface area contributed by atoms with E-state index in [1.807, 2.05) is 19.1 Å². The number of rotatable bonds is 12. The molecule has 2 heterocycles. The van der Waals surface area contributed by atoms with Crippen LogP contribution in [0.1, 0.15) is 143 Å². The van der Waals surface area contributed by atoms with Gasteiger partial charge in [-0.25, -0.2) is 0 Å². The number of ether oxygens (including phenoxy) is 1. The second-order valence-corrected chi connectivity index (χ2v) is 23.5. The number of aliphatic hydroxyl groups excluding tert-OH is 6. The van der Waals surface area contributed by atoms with Crippen LogP contribution in [0.5, 0.6) is 0 Å². The average Bonchev–Trinajstić information content (AvgIpc) is 3.64. The lowest BCUT2D eigenvalue weighted by Gasteiger charge is -2.68. The van der Waals surface area contributed by atoms with Crippen LogP contribution in [-0.4, -0.2) is 131 Å². The van der Waals surface area contributed by atoms with Crippen molar-refractivity contribution in [2.24, 2.45) is 63.9 Å². The molecule has 14 heteroatoms. The van der Waals surface area contributed by atoms with E-state index in [9.17, 15) is 46.0 Å². The van der Waals surface area contributed by atoms with E-state index >= 15 is 4.79 Å². The number of dihydropyridines is 1. The molecule has 21 unspecified atom stereocenters. The fourth-order valence-corrected chi connectivity index (χ4v) is 17.3. The number of nitrogens with one attached hydrogen (secondary N) is 2. The van der Waals surface area contributed by atoms with Gasteiger partial charge in [0.1, 0.15) is 5.60 Å². The zero-order chi connectivity index (χ0) is 47.3. The maximum atomic E-state index is 15.7. The Morgan fingerprint density at radius 1 is 0.970 bits per heavy atom. The lowest BCUT2D eigenvalue weighted by atomic mass is 9.37. The van der Waals surface area contributed by atoms with E-state index in [4.69, 9.17) is 10.5 Å². The molecule has 0 aromatic rings. The Hall–Kier alpha value is -1.95. The molecule has 6 saturated carbocycles. The van der Waals surface area contributed by atoms with Crippen molar-refractivity contribution in [2.45, 2.75) is 209 Å². The van der Waals surface area contributed by atoms with Gasteiger partial charge in [0.15, 0.2) is 5.78 Å². The van der Waals surface area contributed by atoms with E-state index in [1.54, 1.807) is 13.8 Å². The summed E-state index contributed by atoms with van der Waals surface area (Å²) in [6, 6.07) is 0. The molecule has 2 aliphatic heterocycles. The van der Waals surface area contributed by atoms with Gasteiger partial charge in [0.05, 0.1) is 65.8 Å². The van der Waals surface area contributed by atoms with E-state index in [0.29, 0.717) is 56.4 Å². The van der Waals surface area contributed by atoms with Gasteiger partial charge >= 0.3 is 0 Å². The minimum atomic E-state index is -1.88. The number of carbonyl (C=O) groups excluding carboxylic acids is 1. The number of aliphatic hydroxyl groups is 9. The molecule has 0 amide bonds. The monoisotopic (exact) mass is 926 g/mol. The average molecular weight is 926 g/mol. The summed E-state index contributed by atoms with van der Waals surface area (Å²) < 4.78 is 6.96. The van der Waals surface area contributed by atoms with Crippen LogP contribution in [0.4, 0.5) is 0 Å². The van der Waals surface area contributed by atoms with Crippen LogP contribution >= 0.6 is 0 Å². The number of Topliss-reactive ketones (excluding diaryl/α,β-unsaturated/α-hetero) is 1. The Morgan fingerprint density at radius 2 is 1.71 bits per heavy atom. The normalized spacial score (nSPS) is 49.1. The van der Waals surface area contributed by atoms with Crippen LogP contribution in [0.2, 0.25) is 0 Å². The van der Waals surface area contributed by atoms with Crippen molar-refractivity contribution >= 4 is 5.78 Å². The van der Waals surface area contributed by atoms with Crippen LogP contribution < -0.4 is 16.4 Å². The van der Waals surface area contributed by atoms with Crippen LogP contribution in [0.15, 0.2) is 34.7 Å². The van der Waals surface area contributed by atoms with E-state index in [0.717, 1.165) is 49.8 Å².